The molecule has 2 aromatic rings. The molecule has 5 nitrogen and oxygen atoms in total. The number of ether oxygens (including phenoxy) is 1. The maximum atomic E-state index is 13.5. The maximum absolute atomic E-state index is 13.5. The van der Waals surface area contributed by atoms with Crippen LogP contribution in [0.15, 0.2) is 36.4 Å². The highest BCUT2D eigenvalue weighted by molar-refractivity contribution is 5.94. The molecule has 1 amide bonds. The highest BCUT2D eigenvalue weighted by Crippen LogP contribution is 2.24. The van der Waals surface area contributed by atoms with Crippen molar-refractivity contribution in [3.05, 3.63) is 59.0 Å². The topological polar surface area (TPSA) is 45.7 Å². The molecular formula is C19H22FN3O2. The van der Waals surface area contributed by atoms with E-state index in [2.05, 4.69) is 9.88 Å². The van der Waals surface area contributed by atoms with Crippen molar-refractivity contribution in [1.82, 2.24) is 9.88 Å². The molecule has 6 heteroatoms. The SMILES string of the molecule is COCCN1CCN(C(=O)c2cccc(F)c2)Cc2ccc(C)nc21. The standard InChI is InChI=1S/C19H22FN3O2/c1-14-6-7-16-13-23(19(24)15-4-3-5-17(20)12-15)9-8-22(10-11-25-2)18(16)21-14/h3-7,12H,8-11,13H2,1-2H3. The number of benzene rings is 1. The predicted octanol–water partition coefficient (Wildman–Crippen LogP) is 2.64. The number of methoxy groups -OCH3 is 1. The van der Waals surface area contributed by atoms with E-state index in [4.69, 9.17) is 4.74 Å². The Hall–Kier alpha value is -2.47. The molecule has 0 bridgehead atoms. The Bertz CT molecular complexity index is 766. The van der Waals surface area contributed by atoms with Crippen LogP contribution in [0.2, 0.25) is 0 Å². The number of carbonyl (C=O) groups excluding carboxylic acids is 1. The number of rotatable bonds is 4. The van der Waals surface area contributed by atoms with Crippen LogP contribution in [0, 0.1) is 12.7 Å². The molecule has 0 unspecified atom stereocenters. The smallest absolute Gasteiger partial charge is 0.254 e. The van der Waals surface area contributed by atoms with Gasteiger partial charge in [0.25, 0.3) is 5.91 Å². The summed E-state index contributed by atoms with van der Waals surface area (Å²) in [5.41, 5.74) is 2.29. The number of carbonyl (C=O) groups is 1. The Kier molecular flexibility index (Phi) is 5.28. The maximum Gasteiger partial charge on any atom is 0.254 e. The summed E-state index contributed by atoms with van der Waals surface area (Å²) < 4.78 is 18.7. The Balaban J connectivity index is 1.88. The summed E-state index contributed by atoms with van der Waals surface area (Å²) in [6.07, 6.45) is 0. The van der Waals surface area contributed by atoms with Crippen molar-refractivity contribution in [2.24, 2.45) is 0 Å². The summed E-state index contributed by atoms with van der Waals surface area (Å²) >= 11 is 0. The zero-order valence-electron chi connectivity index (χ0n) is 14.5. The van der Waals surface area contributed by atoms with Crippen molar-refractivity contribution < 1.29 is 13.9 Å². The van der Waals surface area contributed by atoms with Gasteiger partial charge in [-0.2, -0.15) is 0 Å². The van der Waals surface area contributed by atoms with E-state index < -0.39 is 5.82 Å². The number of hydrogen-bond acceptors (Lipinski definition) is 4. The van der Waals surface area contributed by atoms with E-state index in [-0.39, 0.29) is 5.91 Å². The second-order valence-electron chi connectivity index (χ2n) is 6.15. The van der Waals surface area contributed by atoms with Crippen LogP contribution in [-0.4, -0.2) is 49.1 Å². The second kappa shape index (κ2) is 7.61. The van der Waals surface area contributed by atoms with Gasteiger partial charge in [-0.15, -0.1) is 0 Å². The lowest BCUT2D eigenvalue weighted by Crippen LogP contribution is -2.36. The highest BCUT2D eigenvalue weighted by Gasteiger charge is 2.25. The Morgan fingerprint density at radius 1 is 1.28 bits per heavy atom. The molecule has 3 rings (SSSR count). The summed E-state index contributed by atoms with van der Waals surface area (Å²) in [5, 5.41) is 0. The first-order valence-corrected chi connectivity index (χ1v) is 8.33. The van der Waals surface area contributed by atoms with Gasteiger partial charge in [-0.25, -0.2) is 9.37 Å². The van der Waals surface area contributed by atoms with Crippen molar-refractivity contribution in [3.63, 3.8) is 0 Å². The summed E-state index contributed by atoms with van der Waals surface area (Å²) in [6, 6.07) is 9.79. The molecule has 2 heterocycles. The second-order valence-corrected chi connectivity index (χ2v) is 6.15. The fraction of sp³-hybridized carbons (Fsp3) is 0.368. The molecule has 0 saturated carbocycles. The third kappa shape index (κ3) is 3.96. The average molecular weight is 343 g/mol. The number of anilines is 1. The molecule has 0 saturated heterocycles. The predicted molar refractivity (Wildman–Crippen MR) is 94.2 cm³/mol. The van der Waals surface area contributed by atoms with Gasteiger partial charge < -0.3 is 14.5 Å². The van der Waals surface area contributed by atoms with Crippen LogP contribution in [0.3, 0.4) is 0 Å². The van der Waals surface area contributed by atoms with E-state index in [0.717, 1.165) is 17.1 Å². The van der Waals surface area contributed by atoms with Crippen molar-refractivity contribution in [3.8, 4) is 0 Å². The molecule has 0 spiro atoms. The quantitative estimate of drug-likeness (QED) is 0.856. The van der Waals surface area contributed by atoms with E-state index in [9.17, 15) is 9.18 Å². The number of amides is 1. The van der Waals surface area contributed by atoms with Gasteiger partial charge in [0.2, 0.25) is 0 Å². The van der Waals surface area contributed by atoms with Gasteiger partial charge in [0.1, 0.15) is 11.6 Å². The molecule has 1 aliphatic heterocycles. The Labute approximate surface area is 147 Å². The number of pyridine rings is 1. The van der Waals surface area contributed by atoms with Crippen LogP contribution in [0.1, 0.15) is 21.6 Å². The first-order valence-electron chi connectivity index (χ1n) is 8.33. The van der Waals surface area contributed by atoms with Gasteiger partial charge in [-0.05, 0) is 31.2 Å². The minimum absolute atomic E-state index is 0.167. The van der Waals surface area contributed by atoms with Crippen molar-refractivity contribution in [2.75, 3.05) is 38.3 Å². The van der Waals surface area contributed by atoms with Crippen LogP contribution in [0.25, 0.3) is 0 Å². The molecule has 1 aromatic heterocycles. The van der Waals surface area contributed by atoms with E-state index in [1.54, 1.807) is 24.1 Å². The van der Waals surface area contributed by atoms with Crippen molar-refractivity contribution in [1.29, 1.82) is 0 Å². The van der Waals surface area contributed by atoms with Crippen LogP contribution >= 0.6 is 0 Å². The summed E-state index contributed by atoms with van der Waals surface area (Å²) in [7, 11) is 1.67. The summed E-state index contributed by atoms with van der Waals surface area (Å²) in [6.45, 7) is 4.92. The van der Waals surface area contributed by atoms with Crippen LogP contribution in [-0.2, 0) is 11.3 Å². The monoisotopic (exact) mass is 343 g/mol. The van der Waals surface area contributed by atoms with Crippen LogP contribution in [0.4, 0.5) is 10.2 Å². The zero-order valence-corrected chi connectivity index (χ0v) is 14.5. The first kappa shape index (κ1) is 17.4. The van der Waals surface area contributed by atoms with Gasteiger partial charge in [0.05, 0.1) is 6.61 Å². The van der Waals surface area contributed by atoms with E-state index >= 15 is 0 Å². The molecule has 25 heavy (non-hydrogen) atoms. The van der Waals surface area contributed by atoms with E-state index in [0.29, 0.717) is 38.3 Å². The molecule has 132 valence electrons. The molecule has 0 N–H and O–H groups in total. The van der Waals surface area contributed by atoms with Crippen LogP contribution in [0.5, 0.6) is 0 Å². The lowest BCUT2D eigenvalue weighted by molar-refractivity contribution is 0.0750. The van der Waals surface area contributed by atoms with E-state index in [1.807, 2.05) is 19.1 Å². The molecule has 0 aliphatic carbocycles. The molecule has 1 aliphatic rings. The average Bonchev–Trinajstić information content (AvgIpc) is 2.78. The number of halogens is 1. The summed E-state index contributed by atoms with van der Waals surface area (Å²) in [4.78, 5) is 21.3. The minimum Gasteiger partial charge on any atom is -0.383 e. The molecule has 0 fully saturated rings. The Morgan fingerprint density at radius 3 is 2.88 bits per heavy atom. The van der Waals surface area contributed by atoms with Gasteiger partial charge in [0, 0.05) is 50.1 Å². The fourth-order valence-corrected chi connectivity index (χ4v) is 3.00. The molecule has 0 atom stereocenters. The zero-order chi connectivity index (χ0) is 17.8. The third-order valence-corrected chi connectivity index (χ3v) is 4.32. The molecular weight excluding hydrogens is 321 g/mol. The van der Waals surface area contributed by atoms with E-state index in [1.165, 1.54) is 12.1 Å². The lowest BCUT2D eigenvalue weighted by atomic mass is 10.1. The Morgan fingerprint density at radius 2 is 2.12 bits per heavy atom. The van der Waals surface area contributed by atoms with Crippen molar-refractivity contribution >= 4 is 11.7 Å². The number of hydrogen-bond donors (Lipinski definition) is 0. The first-order chi connectivity index (χ1) is 12.1. The molecule has 1 aromatic carbocycles. The van der Waals surface area contributed by atoms with Gasteiger partial charge in [0.15, 0.2) is 0 Å². The molecule has 0 radical (unpaired) electrons. The van der Waals surface area contributed by atoms with Crippen molar-refractivity contribution in [2.45, 2.75) is 13.5 Å². The minimum atomic E-state index is -0.403. The van der Waals surface area contributed by atoms with Gasteiger partial charge >= 0.3 is 0 Å². The number of aryl methyl sites for hydroxylation is 1. The fourth-order valence-electron chi connectivity index (χ4n) is 3.00. The number of aromatic nitrogens is 1. The van der Waals surface area contributed by atoms with Gasteiger partial charge in [-0.3, -0.25) is 4.79 Å². The third-order valence-electron chi connectivity index (χ3n) is 4.32. The van der Waals surface area contributed by atoms with Crippen LogP contribution < -0.4 is 4.90 Å². The number of fused-ring (bicyclic) bond motifs is 1. The largest absolute Gasteiger partial charge is 0.383 e. The normalized spacial score (nSPS) is 14.2. The number of nitrogens with zero attached hydrogens (tertiary/aromatic N) is 3. The summed E-state index contributed by atoms with van der Waals surface area (Å²) in [5.74, 6) is 0.325. The highest BCUT2D eigenvalue weighted by atomic mass is 19.1. The lowest BCUT2D eigenvalue weighted by Gasteiger charge is -2.23. The van der Waals surface area contributed by atoms with Gasteiger partial charge in [-0.1, -0.05) is 12.1 Å².